The number of nitro groups is 1. The summed E-state index contributed by atoms with van der Waals surface area (Å²) in [7, 11) is 0. The molecule has 0 aliphatic heterocycles. The standard InChI is InChI=1S/C13H11ClN2O3S/c1-8(12-3-2-6-20-12)15-13(17)9-4-5-10(14)11(7-9)16(18)19/h2-8H,1H3,(H,15,17)/t8-/m1/s1. The van der Waals surface area contributed by atoms with E-state index in [1.807, 2.05) is 24.4 Å². The molecule has 1 heterocycles. The second kappa shape index (κ2) is 6.02. The lowest BCUT2D eigenvalue weighted by Gasteiger charge is -2.12. The average Bonchev–Trinajstić information content (AvgIpc) is 2.92. The number of benzene rings is 1. The molecule has 0 saturated carbocycles. The number of nitrogens with one attached hydrogen (secondary N) is 1. The van der Waals surface area contributed by atoms with Crippen LogP contribution in [0.1, 0.15) is 28.2 Å². The topological polar surface area (TPSA) is 72.2 Å². The Morgan fingerprint density at radius 1 is 1.45 bits per heavy atom. The highest BCUT2D eigenvalue weighted by Crippen LogP contribution is 2.25. The van der Waals surface area contributed by atoms with Gasteiger partial charge in [0.1, 0.15) is 5.02 Å². The summed E-state index contributed by atoms with van der Waals surface area (Å²) in [5, 5.41) is 15.5. The van der Waals surface area contributed by atoms with Crippen LogP contribution in [0.4, 0.5) is 5.69 Å². The van der Waals surface area contributed by atoms with Gasteiger partial charge in [0, 0.05) is 16.5 Å². The van der Waals surface area contributed by atoms with Crippen molar-refractivity contribution < 1.29 is 9.72 Å². The zero-order valence-corrected chi connectivity index (χ0v) is 12.1. The van der Waals surface area contributed by atoms with Crippen molar-refractivity contribution in [2.75, 3.05) is 0 Å². The van der Waals surface area contributed by atoms with Crippen LogP contribution in [-0.4, -0.2) is 10.8 Å². The third-order valence-electron chi connectivity index (χ3n) is 2.72. The third kappa shape index (κ3) is 3.15. The van der Waals surface area contributed by atoms with E-state index >= 15 is 0 Å². The molecule has 7 heteroatoms. The van der Waals surface area contributed by atoms with Gasteiger partial charge in [-0.25, -0.2) is 0 Å². The summed E-state index contributed by atoms with van der Waals surface area (Å²) in [6, 6.07) is 7.65. The maximum absolute atomic E-state index is 12.1. The van der Waals surface area contributed by atoms with E-state index in [0.717, 1.165) is 4.88 Å². The van der Waals surface area contributed by atoms with Crippen LogP contribution < -0.4 is 5.32 Å². The molecule has 1 N–H and O–H groups in total. The number of carbonyl (C=O) groups is 1. The minimum Gasteiger partial charge on any atom is -0.345 e. The number of hydrogen-bond donors (Lipinski definition) is 1. The highest BCUT2D eigenvalue weighted by atomic mass is 35.5. The van der Waals surface area contributed by atoms with Crippen LogP contribution in [-0.2, 0) is 0 Å². The lowest BCUT2D eigenvalue weighted by atomic mass is 10.1. The molecule has 0 fully saturated rings. The van der Waals surface area contributed by atoms with E-state index in [9.17, 15) is 14.9 Å². The van der Waals surface area contributed by atoms with E-state index < -0.39 is 4.92 Å². The molecule has 0 unspecified atom stereocenters. The van der Waals surface area contributed by atoms with Crippen molar-refractivity contribution in [1.29, 1.82) is 0 Å². The molecule has 2 rings (SSSR count). The summed E-state index contributed by atoms with van der Waals surface area (Å²) in [6.45, 7) is 1.86. The van der Waals surface area contributed by atoms with Gasteiger partial charge in [-0.05, 0) is 30.5 Å². The molecule has 0 bridgehead atoms. The van der Waals surface area contributed by atoms with Gasteiger partial charge in [-0.2, -0.15) is 0 Å². The van der Waals surface area contributed by atoms with Crippen LogP contribution in [0.5, 0.6) is 0 Å². The lowest BCUT2D eigenvalue weighted by Crippen LogP contribution is -2.26. The van der Waals surface area contributed by atoms with Crippen molar-refractivity contribution in [1.82, 2.24) is 5.32 Å². The van der Waals surface area contributed by atoms with Crippen molar-refractivity contribution in [2.45, 2.75) is 13.0 Å². The fourth-order valence-corrected chi connectivity index (χ4v) is 2.60. The second-order valence-electron chi connectivity index (χ2n) is 4.13. The predicted molar refractivity (Wildman–Crippen MR) is 78.3 cm³/mol. The van der Waals surface area contributed by atoms with Crippen molar-refractivity contribution in [2.24, 2.45) is 0 Å². The first kappa shape index (κ1) is 14.5. The number of nitro benzene ring substituents is 1. The maximum atomic E-state index is 12.1. The van der Waals surface area contributed by atoms with E-state index in [0.29, 0.717) is 0 Å². The first-order chi connectivity index (χ1) is 9.49. The monoisotopic (exact) mass is 310 g/mol. The number of halogens is 1. The first-order valence-electron chi connectivity index (χ1n) is 5.77. The summed E-state index contributed by atoms with van der Waals surface area (Å²) >= 11 is 7.25. The van der Waals surface area contributed by atoms with Crippen LogP contribution in [0.3, 0.4) is 0 Å². The SMILES string of the molecule is C[C@@H](NC(=O)c1ccc(Cl)c([N+](=O)[O-])c1)c1cccs1. The molecule has 1 aromatic carbocycles. The lowest BCUT2D eigenvalue weighted by molar-refractivity contribution is -0.384. The summed E-state index contributed by atoms with van der Waals surface area (Å²) in [5.41, 5.74) is -0.0624. The minimum atomic E-state index is -0.609. The molecular formula is C13H11ClN2O3S. The molecule has 0 saturated heterocycles. The van der Waals surface area contributed by atoms with Gasteiger partial charge < -0.3 is 5.32 Å². The fraction of sp³-hybridized carbons (Fsp3) is 0.154. The Morgan fingerprint density at radius 2 is 2.20 bits per heavy atom. The van der Waals surface area contributed by atoms with Crippen LogP contribution in [0.2, 0.25) is 5.02 Å². The van der Waals surface area contributed by atoms with Crippen molar-refractivity contribution in [3.8, 4) is 0 Å². The van der Waals surface area contributed by atoms with E-state index in [2.05, 4.69) is 5.32 Å². The molecule has 0 aliphatic rings. The zero-order valence-electron chi connectivity index (χ0n) is 10.5. The Kier molecular flexibility index (Phi) is 4.36. The van der Waals surface area contributed by atoms with Gasteiger partial charge in [0.05, 0.1) is 11.0 Å². The molecule has 104 valence electrons. The molecule has 1 amide bonds. The molecule has 2 aromatic rings. The molecule has 1 aromatic heterocycles. The van der Waals surface area contributed by atoms with Crippen LogP contribution in [0, 0.1) is 10.1 Å². The number of hydrogen-bond acceptors (Lipinski definition) is 4. The molecule has 0 spiro atoms. The number of nitrogens with zero attached hydrogens (tertiary/aromatic N) is 1. The molecule has 20 heavy (non-hydrogen) atoms. The van der Waals surface area contributed by atoms with Crippen LogP contribution in [0.15, 0.2) is 35.7 Å². The van der Waals surface area contributed by atoms with Gasteiger partial charge in [-0.1, -0.05) is 17.7 Å². The molecule has 0 radical (unpaired) electrons. The highest BCUT2D eigenvalue weighted by Gasteiger charge is 2.18. The third-order valence-corrected chi connectivity index (χ3v) is 4.10. The smallest absolute Gasteiger partial charge is 0.288 e. The molecular weight excluding hydrogens is 300 g/mol. The van der Waals surface area contributed by atoms with Crippen molar-refractivity contribution in [3.05, 3.63) is 61.3 Å². The Bertz CT molecular complexity index is 643. The number of rotatable bonds is 4. The van der Waals surface area contributed by atoms with E-state index in [1.54, 1.807) is 0 Å². The Balaban J connectivity index is 2.17. The number of amides is 1. The van der Waals surface area contributed by atoms with Crippen LogP contribution in [0.25, 0.3) is 0 Å². The molecule has 5 nitrogen and oxygen atoms in total. The summed E-state index contributed by atoms with van der Waals surface area (Å²) in [4.78, 5) is 23.3. The van der Waals surface area contributed by atoms with Gasteiger partial charge in [0.2, 0.25) is 0 Å². The van der Waals surface area contributed by atoms with E-state index in [-0.39, 0.29) is 28.2 Å². The predicted octanol–water partition coefficient (Wildman–Crippen LogP) is 3.80. The number of carbonyl (C=O) groups excluding carboxylic acids is 1. The fourth-order valence-electron chi connectivity index (χ4n) is 1.68. The quantitative estimate of drug-likeness (QED) is 0.689. The Labute approximate surface area is 124 Å². The summed E-state index contributed by atoms with van der Waals surface area (Å²) < 4.78 is 0. The van der Waals surface area contributed by atoms with Crippen molar-refractivity contribution >= 4 is 34.5 Å². The van der Waals surface area contributed by atoms with Gasteiger partial charge in [-0.15, -0.1) is 11.3 Å². The maximum Gasteiger partial charge on any atom is 0.288 e. The largest absolute Gasteiger partial charge is 0.345 e. The average molecular weight is 311 g/mol. The van der Waals surface area contributed by atoms with Gasteiger partial charge in [0.25, 0.3) is 11.6 Å². The zero-order chi connectivity index (χ0) is 14.7. The summed E-state index contributed by atoms with van der Waals surface area (Å²) in [6.07, 6.45) is 0. The van der Waals surface area contributed by atoms with Gasteiger partial charge in [-0.3, -0.25) is 14.9 Å². The molecule has 1 atom stereocenters. The molecule has 0 aliphatic carbocycles. The second-order valence-corrected chi connectivity index (χ2v) is 5.52. The van der Waals surface area contributed by atoms with Crippen molar-refractivity contribution in [3.63, 3.8) is 0 Å². The highest BCUT2D eigenvalue weighted by molar-refractivity contribution is 7.10. The van der Waals surface area contributed by atoms with E-state index in [4.69, 9.17) is 11.6 Å². The van der Waals surface area contributed by atoms with Crippen LogP contribution >= 0.6 is 22.9 Å². The normalized spacial score (nSPS) is 11.9. The van der Waals surface area contributed by atoms with E-state index in [1.165, 1.54) is 29.5 Å². The van der Waals surface area contributed by atoms with Gasteiger partial charge >= 0.3 is 0 Å². The Hall–Kier alpha value is -1.92. The van der Waals surface area contributed by atoms with Gasteiger partial charge in [0.15, 0.2) is 0 Å². The number of thiophene rings is 1. The minimum absolute atomic E-state index is 0.0119. The first-order valence-corrected chi connectivity index (χ1v) is 7.03. The Morgan fingerprint density at radius 3 is 2.80 bits per heavy atom. The summed E-state index contributed by atoms with van der Waals surface area (Å²) in [5.74, 6) is -0.370.